The van der Waals surface area contributed by atoms with Crippen LogP contribution in [0.15, 0.2) is 54.6 Å². The number of likely N-dealkylation sites (N-methyl/N-ethyl adjacent to an activating group) is 2. The third kappa shape index (κ3) is 6.93. The van der Waals surface area contributed by atoms with Crippen molar-refractivity contribution < 1.29 is 14.4 Å². The number of nitrogens with one attached hydrogen (secondary N) is 2. The molecule has 3 amide bonds. The Labute approximate surface area is 184 Å². The minimum Gasteiger partial charge on any atom is -0.342 e. The van der Waals surface area contributed by atoms with Crippen LogP contribution in [0.3, 0.4) is 0 Å². The second-order valence-electron chi connectivity index (χ2n) is 7.19. The summed E-state index contributed by atoms with van der Waals surface area (Å²) in [6, 6.07) is 16.0. The van der Waals surface area contributed by atoms with Crippen LogP contribution in [0.2, 0.25) is 0 Å². The molecule has 0 saturated heterocycles. The molecular formula is C24H32N4O3. The topological polar surface area (TPSA) is 81.8 Å². The molecule has 2 aromatic rings. The molecule has 31 heavy (non-hydrogen) atoms. The fourth-order valence-corrected chi connectivity index (χ4v) is 3.46. The summed E-state index contributed by atoms with van der Waals surface area (Å²) in [5, 5.41) is 5.56. The van der Waals surface area contributed by atoms with Crippen molar-refractivity contribution in [3.63, 3.8) is 0 Å². The number of rotatable bonds is 10. The molecule has 2 aromatic carbocycles. The molecule has 0 spiro atoms. The van der Waals surface area contributed by atoms with Crippen LogP contribution in [0.1, 0.15) is 39.3 Å². The number of anilines is 2. The standard InChI is InChI=1S/C24H32N4O3/c1-5-27(6-2)24(31)23(19-11-9-8-10-12-19)28(7-3)17-22(30)26-21-15-13-20(14-16-21)25-18(4)29/h8-16,23H,5-7,17H2,1-4H3,(H,25,29)(H,26,30). The predicted octanol–water partition coefficient (Wildman–Crippen LogP) is 3.52. The van der Waals surface area contributed by atoms with Crippen molar-refractivity contribution >= 4 is 29.1 Å². The lowest BCUT2D eigenvalue weighted by molar-refractivity contribution is -0.137. The smallest absolute Gasteiger partial charge is 0.244 e. The van der Waals surface area contributed by atoms with E-state index in [0.717, 1.165) is 5.56 Å². The zero-order chi connectivity index (χ0) is 22.8. The first-order valence-electron chi connectivity index (χ1n) is 10.6. The summed E-state index contributed by atoms with van der Waals surface area (Å²) < 4.78 is 0. The molecule has 0 bridgehead atoms. The molecule has 1 unspecified atom stereocenters. The zero-order valence-corrected chi connectivity index (χ0v) is 18.7. The van der Waals surface area contributed by atoms with Crippen LogP contribution in [0, 0.1) is 0 Å². The molecule has 166 valence electrons. The molecular weight excluding hydrogens is 392 g/mol. The normalized spacial score (nSPS) is 11.6. The summed E-state index contributed by atoms with van der Waals surface area (Å²) in [6.45, 7) is 9.15. The monoisotopic (exact) mass is 424 g/mol. The Morgan fingerprint density at radius 2 is 1.35 bits per heavy atom. The van der Waals surface area contributed by atoms with Crippen molar-refractivity contribution in [3.05, 3.63) is 60.2 Å². The van der Waals surface area contributed by atoms with E-state index in [4.69, 9.17) is 0 Å². The van der Waals surface area contributed by atoms with Crippen molar-refractivity contribution in [2.75, 3.05) is 36.8 Å². The van der Waals surface area contributed by atoms with E-state index in [1.165, 1.54) is 6.92 Å². The van der Waals surface area contributed by atoms with Gasteiger partial charge in [0.25, 0.3) is 0 Å². The van der Waals surface area contributed by atoms with Gasteiger partial charge in [0.15, 0.2) is 0 Å². The highest BCUT2D eigenvalue weighted by molar-refractivity contribution is 5.94. The summed E-state index contributed by atoms with van der Waals surface area (Å²) in [4.78, 5) is 40.9. The summed E-state index contributed by atoms with van der Waals surface area (Å²) >= 11 is 0. The van der Waals surface area contributed by atoms with Gasteiger partial charge in [-0.2, -0.15) is 0 Å². The van der Waals surface area contributed by atoms with E-state index in [1.807, 2.05) is 56.0 Å². The van der Waals surface area contributed by atoms with Crippen LogP contribution in [0.4, 0.5) is 11.4 Å². The lowest BCUT2D eigenvalue weighted by atomic mass is 10.0. The van der Waals surface area contributed by atoms with Gasteiger partial charge in [-0.05, 0) is 50.2 Å². The number of hydrogen-bond acceptors (Lipinski definition) is 4. The predicted molar refractivity (Wildman–Crippen MR) is 124 cm³/mol. The second kappa shape index (κ2) is 11.9. The molecule has 0 saturated carbocycles. The van der Waals surface area contributed by atoms with E-state index in [-0.39, 0.29) is 24.3 Å². The van der Waals surface area contributed by atoms with Crippen LogP contribution >= 0.6 is 0 Å². The highest BCUT2D eigenvalue weighted by Crippen LogP contribution is 2.23. The van der Waals surface area contributed by atoms with Gasteiger partial charge in [0.2, 0.25) is 17.7 Å². The Morgan fingerprint density at radius 1 is 0.806 bits per heavy atom. The first-order chi connectivity index (χ1) is 14.9. The largest absolute Gasteiger partial charge is 0.342 e. The summed E-state index contributed by atoms with van der Waals surface area (Å²) in [6.07, 6.45) is 0. The molecule has 7 nitrogen and oxygen atoms in total. The quantitative estimate of drug-likeness (QED) is 0.612. The van der Waals surface area contributed by atoms with E-state index in [1.54, 1.807) is 29.2 Å². The van der Waals surface area contributed by atoms with Crippen molar-refractivity contribution in [1.82, 2.24) is 9.80 Å². The molecule has 0 aliphatic rings. The number of amides is 3. The van der Waals surface area contributed by atoms with Gasteiger partial charge in [-0.1, -0.05) is 37.3 Å². The Kier molecular flexibility index (Phi) is 9.21. The molecule has 0 aliphatic carbocycles. The Hall–Kier alpha value is -3.19. The van der Waals surface area contributed by atoms with Gasteiger partial charge in [0.05, 0.1) is 6.54 Å². The lowest BCUT2D eigenvalue weighted by Gasteiger charge is -2.33. The number of carbonyl (C=O) groups is 3. The number of nitrogens with zero attached hydrogens (tertiary/aromatic N) is 2. The summed E-state index contributed by atoms with van der Waals surface area (Å²) in [5.74, 6) is -0.367. The van der Waals surface area contributed by atoms with Crippen LogP contribution in [-0.4, -0.2) is 53.7 Å². The van der Waals surface area contributed by atoms with E-state index in [2.05, 4.69) is 10.6 Å². The number of hydrogen-bond donors (Lipinski definition) is 2. The summed E-state index contributed by atoms with van der Waals surface area (Å²) in [5.41, 5.74) is 2.16. The minimum atomic E-state index is -0.529. The van der Waals surface area contributed by atoms with Crippen LogP contribution in [-0.2, 0) is 14.4 Å². The van der Waals surface area contributed by atoms with Gasteiger partial charge >= 0.3 is 0 Å². The van der Waals surface area contributed by atoms with E-state index < -0.39 is 6.04 Å². The van der Waals surface area contributed by atoms with Crippen LogP contribution in [0.5, 0.6) is 0 Å². The molecule has 0 fully saturated rings. The molecule has 7 heteroatoms. The maximum absolute atomic E-state index is 13.3. The van der Waals surface area contributed by atoms with Crippen LogP contribution in [0.25, 0.3) is 0 Å². The maximum atomic E-state index is 13.3. The van der Waals surface area contributed by atoms with Gasteiger partial charge < -0.3 is 15.5 Å². The van der Waals surface area contributed by atoms with Crippen molar-refractivity contribution in [2.45, 2.75) is 33.7 Å². The van der Waals surface area contributed by atoms with Gasteiger partial charge in [0.1, 0.15) is 6.04 Å². The van der Waals surface area contributed by atoms with Crippen molar-refractivity contribution in [2.24, 2.45) is 0 Å². The molecule has 0 radical (unpaired) electrons. The third-order valence-corrected chi connectivity index (χ3v) is 5.03. The number of carbonyl (C=O) groups excluding carboxylic acids is 3. The average Bonchev–Trinajstić information content (AvgIpc) is 2.76. The van der Waals surface area contributed by atoms with E-state index in [0.29, 0.717) is 31.0 Å². The Balaban J connectivity index is 2.17. The summed E-state index contributed by atoms with van der Waals surface area (Å²) in [7, 11) is 0. The maximum Gasteiger partial charge on any atom is 0.244 e. The second-order valence-corrected chi connectivity index (χ2v) is 7.19. The SMILES string of the molecule is CCN(CC)C(=O)C(c1ccccc1)N(CC)CC(=O)Nc1ccc(NC(C)=O)cc1. The fourth-order valence-electron chi connectivity index (χ4n) is 3.46. The molecule has 2 rings (SSSR count). The molecule has 0 aromatic heterocycles. The Bertz CT molecular complexity index is 864. The minimum absolute atomic E-state index is 0.00879. The van der Waals surface area contributed by atoms with Crippen molar-refractivity contribution in [3.8, 4) is 0 Å². The highest BCUT2D eigenvalue weighted by atomic mass is 16.2. The Morgan fingerprint density at radius 3 is 1.84 bits per heavy atom. The lowest BCUT2D eigenvalue weighted by Crippen LogP contribution is -2.45. The van der Waals surface area contributed by atoms with E-state index in [9.17, 15) is 14.4 Å². The van der Waals surface area contributed by atoms with Crippen molar-refractivity contribution in [1.29, 1.82) is 0 Å². The molecule has 2 N–H and O–H groups in total. The zero-order valence-electron chi connectivity index (χ0n) is 18.7. The molecule has 0 heterocycles. The van der Waals surface area contributed by atoms with E-state index >= 15 is 0 Å². The molecule has 0 aliphatic heterocycles. The number of benzene rings is 2. The molecule has 1 atom stereocenters. The van der Waals surface area contributed by atoms with Gasteiger partial charge in [-0.15, -0.1) is 0 Å². The fraction of sp³-hybridized carbons (Fsp3) is 0.375. The third-order valence-electron chi connectivity index (χ3n) is 5.03. The first kappa shape index (κ1) is 24.1. The first-order valence-corrected chi connectivity index (χ1v) is 10.6. The van der Waals surface area contributed by atoms with Crippen LogP contribution < -0.4 is 10.6 Å². The van der Waals surface area contributed by atoms with Gasteiger partial charge in [-0.25, -0.2) is 0 Å². The van der Waals surface area contributed by atoms with Gasteiger partial charge in [0, 0.05) is 31.4 Å². The average molecular weight is 425 g/mol. The highest BCUT2D eigenvalue weighted by Gasteiger charge is 2.30. The van der Waals surface area contributed by atoms with Gasteiger partial charge in [-0.3, -0.25) is 19.3 Å².